The number of thiophene rings is 1. The van der Waals surface area contributed by atoms with Gasteiger partial charge in [0.05, 0.1) is 17.9 Å². The Labute approximate surface area is 286 Å². The number of piperidine rings is 1. The van der Waals surface area contributed by atoms with Crippen LogP contribution in [-0.2, 0) is 26.2 Å². The predicted octanol–water partition coefficient (Wildman–Crippen LogP) is 6.49. The van der Waals surface area contributed by atoms with Crippen molar-refractivity contribution in [2.24, 2.45) is 5.92 Å². The van der Waals surface area contributed by atoms with Gasteiger partial charge in [-0.25, -0.2) is 13.1 Å². The predicted molar refractivity (Wildman–Crippen MR) is 188 cm³/mol. The smallest absolute Gasteiger partial charge is 0.277 e. The highest BCUT2D eigenvalue weighted by Crippen LogP contribution is 2.34. The lowest BCUT2D eigenvalue weighted by atomic mass is 9.95. The summed E-state index contributed by atoms with van der Waals surface area (Å²) < 4.78 is 39.2. The van der Waals surface area contributed by atoms with Gasteiger partial charge in [0.25, 0.3) is 15.9 Å². The van der Waals surface area contributed by atoms with Crippen molar-refractivity contribution in [1.82, 2.24) is 9.62 Å². The Balaban J connectivity index is 1.10. The number of carbonyl (C=O) groups is 2. The highest BCUT2D eigenvalue weighted by Gasteiger charge is 2.38. The third-order valence-electron chi connectivity index (χ3n) is 8.84. The Morgan fingerprint density at radius 3 is 2.42 bits per heavy atom. The molecule has 252 valence electrons. The lowest BCUT2D eigenvalue weighted by Crippen LogP contribution is -2.48. The summed E-state index contributed by atoms with van der Waals surface area (Å²) in [5.41, 5.74) is 1.70. The number of hydrogen-bond donors (Lipinski definition) is 1. The average Bonchev–Trinajstić information content (AvgIpc) is 3.79. The van der Waals surface area contributed by atoms with Crippen LogP contribution in [0.1, 0.15) is 45.1 Å². The maximum Gasteiger partial charge on any atom is 0.277 e. The molecule has 11 heteroatoms. The number of amides is 2. The van der Waals surface area contributed by atoms with Crippen molar-refractivity contribution < 1.29 is 27.5 Å². The maximum atomic E-state index is 14.0. The topological polar surface area (TPSA) is 105 Å². The van der Waals surface area contributed by atoms with Crippen LogP contribution in [0.25, 0.3) is 10.4 Å². The minimum atomic E-state index is -4.15. The molecule has 0 bridgehead atoms. The summed E-state index contributed by atoms with van der Waals surface area (Å²) in [5, 5.41) is 2.08. The first-order valence-corrected chi connectivity index (χ1v) is 18.6. The number of sulfonamides is 1. The molecule has 0 unspecified atom stereocenters. The van der Waals surface area contributed by atoms with Gasteiger partial charge in [-0.15, -0.1) is 11.3 Å². The summed E-state index contributed by atoms with van der Waals surface area (Å²) in [5.74, 6) is 0.0517. The number of nitrogens with one attached hydrogen (secondary N) is 1. The van der Waals surface area contributed by atoms with Crippen LogP contribution in [0, 0.1) is 5.92 Å². The van der Waals surface area contributed by atoms with E-state index in [1.165, 1.54) is 49.6 Å². The van der Waals surface area contributed by atoms with E-state index >= 15 is 0 Å². The first kappa shape index (κ1) is 33.5. The largest absolute Gasteiger partial charge is 0.497 e. The second-order valence-electron chi connectivity index (χ2n) is 12.9. The van der Waals surface area contributed by atoms with Crippen LogP contribution in [0.5, 0.6) is 11.5 Å². The van der Waals surface area contributed by atoms with E-state index in [-0.39, 0.29) is 16.7 Å². The van der Waals surface area contributed by atoms with Gasteiger partial charge in [0, 0.05) is 48.4 Å². The van der Waals surface area contributed by atoms with Gasteiger partial charge in [-0.3, -0.25) is 9.59 Å². The quantitative estimate of drug-likeness (QED) is 0.182. The lowest BCUT2D eigenvalue weighted by Gasteiger charge is -2.36. The summed E-state index contributed by atoms with van der Waals surface area (Å²) in [7, 11) is -2.71. The summed E-state index contributed by atoms with van der Waals surface area (Å²) >= 11 is 1.72. The van der Waals surface area contributed by atoms with Gasteiger partial charge in [-0.2, -0.15) is 0 Å². The van der Waals surface area contributed by atoms with Gasteiger partial charge < -0.3 is 19.3 Å². The van der Waals surface area contributed by atoms with E-state index in [2.05, 4.69) is 56.3 Å². The number of benzene rings is 3. The monoisotopic (exact) mass is 687 g/mol. The zero-order chi connectivity index (χ0) is 33.9. The maximum absolute atomic E-state index is 14.0. The fraction of sp³-hybridized carbons (Fsp3) is 0.351. The number of hydrogen-bond acceptors (Lipinski definition) is 8. The molecule has 1 atom stereocenters. The van der Waals surface area contributed by atoms with Crippen molar-refractivity contribution >= 4 is 38.9 Å². The van der Waals surface area contributed by atoms with E-state index in [4.69, 9.17) is 9.47 Å². The minimum Gasteiger partial charge on any atom is -0.497 e. The van der Waals surface area contributed by atoms with Gasteiger partial charge in [0.1, 0.15) is 11.5 Å². The fourth-order valence-electron chi connectivity index (χ4n) is 5.99. The molecule has 1 aromatic heterocycles. The Morgan fingerprint density at radius 1 is 0.958 bits per heavy atom. The number of methoxy groups -OCH3 is 1. The molecular formula is C37H41N3O6S2. The van der Waals surface area contributed by atoms with E-state index in [9.17, 15) is 18.0 Å². The second kappa shape index (κ2) is 14.0. The van der Waals surface area contributed by atoms with Crippen LogP contribution in [0.4, 0.5) is 5.69 Å². The standard InChI is InChI=1S/C37H41N3O6S2/c1-37(2,36(42)38-48(43,44)33-12-5-10-31(23-33)45-3)46-32-11-4-9-30(22-32)39-20-6-8-28(25-39)35(41)40(29-18-19-29)24-26-14-16-27(17-15-26)34-13-7-21-47-34/h4-5,7,9-17,21-23,28-29H,6,8,18-20,24-25H2,1-3H3,(H,38,42)/t28-/m1/s1. The first-order valence-electron chi connectivity index (χ1n) is 16.2. The summed E-state index contributed by atoms with van der Waals surface area (Å²) in [6.45, 7) is 5.04. The molecule has 9 nitrogen and oxygen atoms in total. The first-order chi connectivity index (χ1) is 23.0. The Morgan fingerprint density at radius 2 is 1.71 bits per heavy atom. The van der Waals surface area contributed by atoms with E-state index in [1.807, 2.05) is 18.2 Å². The molecule has 4 aromatic rings. The number of carbonyl (C=O) groups excluding carboxylic acids is 2. The molecule has 1 aliphatic carbocycles. The molecule has 3 aromatic carbocycles. The van der Waals surface area contributed by atoms with Gasteiger partial charge in [0.15, 0.2) is 5.60 Å². The zero-order valence-corrected chi connectivity index (χ0v) is 29.1. The molecule has 1 aliphatic heterocycles. The summed E-state index contributed by atoms with van der Waals surface area (Å²) in [6.07, 6.45) is 3.80. The van der Waals surface area contributed by atoms with E-state index in [0.29, 0.717) is 30.6 Å². The molecule has 6 rings (SSSR count). The number of rotatable bonds is 12. The molecule has 2 fully saturated rings. The molecule has 2 heterocycles. The minimum absolute atomic E-state index is 0.0884. The normalized spacial score (nSPS) is 16.6. The van der Waals surface area contributed by atoms with Crippen molar-refractivity contribution in [2.75, 3.05) is 25.1 Å². The number of ether oxygens (including phenoxy) is 2. The molecule has 1 saturated heterocycles. The molecule has 0 radical (unpaired) electrons. The summed E-state index contributed by atoms with van der Waals surface area (Å²) in [4.78, 5) is 32.5. The third kappa shape index (κ3) is 7.85. The van der Waals surface area contributed by atoms with E-state index in [1.54, 1.807) is 23.5 Å². The molecule has 1 saturated carbocycles. The van der Waals surface area contributed by atoms with E-state index < -0.39 is 21.5 Å². The van der Waals surface area contributed by atoms with Gasteiger partial charge in [0.2, 0.25) is 5.91 Å². The molecule has 2 aliphatic rings. The molecule has 2 amide bonds. The Hall–Kier alpha value is -4.35. The number of nitrogens with zero attached hydrogens (tertiary/aromatic N) is 2. The molecule has 0 spiro atoms. The van der Waals surface area contributed by atoms with Crippen LogP contribution < -0.4 is 19.1 Å². The highest BCUT2D eigenvalue weighted by molar-refractivity contribution is 7.90. The lowest BCUT2D eigenvalue weighted by molar-refractivity contribution is -0.137. The van der Waals surface area contributed by atoms with Crippen LogP contribution >= 0.6 is 11.3 Å². The molecular weight excluding hydrogens is 647 g/mol. The van der Waals surface area contributed by atoms with Crippen LogP contribution in [0.15, 0.2) is 95.2 Å². The van der Waals surface area contributed by atoms with Crippen molar-refractivity contribution in [3.63, 3.8) is 0 Å². The van der Waals surface area contributed by atoms with Crippen LogP contribution in [0.3, 0.4) is 0 Å². The van der Waals surface area contributed by atoms with Crippen LogP contribution in [-0.4, -0.2) is 57.0 Å². The van der Waals surface area contributed by atoms with E-state index in [0.717, 1.165) is 43.5 Å². The summed E-state index contributed by atoms with van der Waals surface area (Å²) in [6, 6.07) is 26.3. The van der Waals surface area contributed by atoms with Gasteiger partial charge in [-0.05, 0) is 86.4 Å². The fourth-order valence-corrected chi connectivity index (χ4v) is 7.86. The molecule has 48 heavy (non-hydrogen) atoms. The van der Waals surface area contributed by atoms with Crippen molar-refractivity contribution in [3.05, 3.63) is 95.9 Å². The SMILES string of the molecule is COc1cccc(S(=O)(=O)NC(=O)C(C)(C)Oc2cccc(N3CCC[C@@H](C(=O)N(Cc4ccc(-c5cccs5)cc4)C4CC4)C3)c2)c1. The Bertz CT molecular complexity index is 1850. The Kier molecular flexibility index (Phi) is 9.80. The highest BCUT2D eigenvalue weighted by atomic mass is 32.2. The van der Waals surface area contributed by atoms with Crippen molar-refractivity contribution in [1.29, 1.82) is 0 Å². The number of anilines is 1. The zero-order valence-electron chi connectivity index (χ0n) is 27.4. The van der Waals surface area contributed by atoms with Gasteiger partial charge >= 0.3 is 0 Å². The van der Waals surface area contributed by atoms with Gasteiger partial charge in [-0.1, -0.05) is 42.5 Å². The third-order valence-corrected chi connectivity index (χ3v) is 11.1. The van der Waals surface area contributed by atoms with Crippen molar-refractivity contribution in [3.8, 4) is 21.9 Å². The average molecular weight is 688 g/mol. The molecule has 1 N–H and O–H groups in total. The second-order valence-corrected chi connectivity index (χ2v) is 15.5. The van der Waals surface area contributed by atoms with Crippen molar-refractivity contribution in [2.45, 2.75) is 62.6 Å². The van der Waals surface area contributed by atoms with Crippen LogP contribution in [0.2, 0.25) is 0 Å².